The number of aromatic nitrogens is 2. The van der Waals surface area contributed by atoms with Gasteiger partial charge in [-0.2, -0.15) is 0 Å². The molecule has 198 valence electrons. The first-order chi connectivity index (χ1) is 17.9. The van der Waals surface area contributed by atoms with Gasteiger partial charge < -0.3 is 25.6 Å². The van der Waals surface area contributed by atoms with Gasteiger partial charge >= 0.3 is 5.97 Å². The first-order valence-electron chi connectivity index (χ1n) is 12.5. The van der Waals surface area contributed by atoms with Gasteiger partial charge in [-0.15, -0.1) is 5.53 Å². The van der Waals surface area contributed by atoms with E-state index in [1.165, 1.54) is 6.07 Å². The molecule has 0 bridgehead atoms. The summed E-state index contributed by atoms with van der Waals surface area (Å²) >= 11 is 0. The van der Waals surface area contributed by atoms with Crippen molar-refractivity contribution in [1.82, 2.24) is 25.5 Å². The van der Waals surface area contributed by atoms with E-state index >= 15 is 0 Å². The van der Waals surface area contributed by atoms with Gasteiger partial charge in [-0.25, -0.2) is 14.2 Å². The van der Waals surface area contributed by atoms with Crippen LogP contribution in [0, 0.1) is 12.7 Å². The Morgan fingerprint density at radius 1 is 1.26 bits per heavy atom. The Morgan fingerprint density at radius 2 is 2.03 bits per heavy atom. The van der Waals surface area contributed by atoms with Gasteiger partial charge in [-0.05, 0) is 50.5 Å². The smallest absolute Gasteiger partial charge is 0.343 e. The highest BCUT2D eigenvalue weighted by atomic mass is 19.1. The number of hydrazine groups is 2. The van der Waals surface area contributed by atoms with E-state index in [0.717, 1.165) is 22.2 Å². The lowest BCUT2D eigenvalue weighted by atomic mass is 9.86. The third kappa shape index (κ3) is 3.46. The average molecular weight is 521 g/mol. The fourth-order valence-electron chi connectivity index (χ4n) is 5.41. The number of rotatable bonds is 4. The molecular formula is C27H29FN6O4. The molecule has 2 aromatic heterocycles. The lowest BCUT2D eigenvalue weighted by Crippen LogP contribution is -2.44. The standard InChI is InChI=1S/C27H29FN6O4/c1-5-27(37)18-7-21-23-16(10-34(21)24(35)17(18)12-38-25(27)36)15(9-33-11-22(31-32-33)26(3,4)29)14-6-13(2)19(28)8-20(14)30-23/h6-8,11,31-32,37H,5,9-10,12,29H2,1-4H3/t27-/m0/s1. The fraction of sp³-hybridized carbons (Fsp3) is 0.370. The molecule has 3 aliphatic rings. The Bertz CT molecular complexity index is 1640. The second kappa shape index (κ2) is 8.10. The van der Waals surface area contributed by atoms with E-state index in [0.29, 0.717) is 29.0 Å². The van der Waals surface area contributed by atoms with Crippen LogP contribution in [0.3, 0.4) is 0 Å². The van der Waals surface area contributed by atoms with Crippen molar-refractivity contribution >= 4 is 16.9 Å². The quantitative estimate of drug-likeness (QED) is 0.298. The SMILES string of the molecule is CC[C@@]1(O)C(=O)OCc2c1cc1n(c2=O)Cc2c-1nc1cc(F)c(C)cc1c2CN1C=C(C(C)(C)N)NN1. The normalized spacial score (nSPS) is 20.1. The van der Waals surface area contributed by atoms with E-state index in [1.807, 2.05) is 25.1 Å². The molecule has 0 unspecified atom stereocenters. The van der Waals surface area contributed by atoms with Crippen molar-refractivity contribution in [1.29, 1.82) is 0 Å². The molecule has 3 aliphatic heterocycles. The highest BCUT2D eigenvalue weighted by molar-refractivity contribution is 5.89. The van der Waals surface area contributed by atoms with Gasteiger partial charge in [-0.3, -0.25) is 9.80 Å². The molecule has 0 spiro atoms. The van der Waals surface area contributed by atoms with Gasteiger partial charge in [-0.1, -0.05) is 6.92 Å². The molecule has 6 rings (SSSR count). The number of nitrogens with one attached hydrogen (secondary N) is 2. The first kappa shape index (κ1) is 24.5. The number of carbonyl (C=O) groups is 1. The third-order valence-corrected chi connectivity index (χ3v) is 7.73. The Morgan fingerprint density at radius 3 is 2.71 bits per heavy atom. The Balaban J connectivity index is 1.57. The van der Waals surface area contributed by atoms with Crippen LogP contribution in [0.25, 0.3) is 22.3 Å². The highest BCUT2D eigenvalue weighted by Crippen LogP contribution is 2.41. The average Bonchev–Trinajstić information content (AvgIpc) is 3.48. The number of fused-ring (bicyclic) bond motifs is 5. The summed E-state index contributed by atoms with van der Waals surface area (Å²) in [5, 5.41) is 13.8. The molecule has 5 N–H and O–H groups in total. The number of hydrogen-bond acceptors (Lipinski definition) is 9. The maximum atomic E-state index is 14.7. The first-order valence-corrected chi connectivity index (χ1v) is 12.5. The van der Waals surface area contributed by atoms with Gasteiger partial charge in [0.05, 0.1) is 46.8 Å². The second-order valence-electron chi connectivity index (χ2n) is 10.8. The fourth-order valence-corrected chi connectivity index (χ4v) is 5.41. The van der Waals surface area contributed by atoms with Crippen LogP contribution < -0.4 is 22.3 Å². The number of pyridine rings is 2. The summed E-state index contributed by atoms with van der Waals surface area (Å²) in [6.45, 7) is 7.55. The molecule has 1 aromatic carbocycles. The van der Waals surface area contributed by atoms with E-state index in [4.69, 9.17) is 15.5 Å². The predicted octanol–water partition coefficient (Wildman–Crippen LogP) is 1.93. The monoisotopic (exact) mass is 520 g/mol. The molecule has 38 heavy (non-hydrogen) atoms. The molecule has 0 aliphatic carbocycles. The topological polar surface area (TPSA) is 135 Å². The second-order valence-corrected chi connectivity index (χ2v) is 10.8. The summed E-state index contributed by atoms with van der Waals surface area (Å²) < 4.78 is 21.4. The van der Waals surface area contributed by atoms with Crippen molar-refractivity contribution in [2.24, 2.45) is 5.73 Å². The molecule has 0 radical (unpaired) electrons. The van der Waals surface area contributed by atoms with E-state index in [9.17, 15) is 19.1 Å². The predicted molar refractivity (Wildman–Crippen MR) is 137 cm³/mol. The Kier molecular flexibility index (Phi) is 5.23. The summed E-state index contributed by atoms with van der Waals surface area (Å²) in [5.41, 5.74) is 14.5. The Labute approximate surface area is 217 Å². The maximum absolute atomic E-state index is 14.7. The van der Waals surface area contributed by atoms with Crippen LogP contribution in [0.5, 0.6) is 0 Å². The lowest BCUT2D eigenvalue weighted by molar-refractivity contribution is -0.172. The minimum Gasteiger partial charge on any atom is -0.458 e. The van der Waals surface area contributed by atoms with Crippen LogP contribution in [0.1, 0.15) is 55.0 Å². The molecule has 11 heteroatoms. The van der Waals surface area contributed by atoms with Crippen molar-refractivity contribution in [3.63, 3.8) is 0 Å². The number of benzene rings is 1. The zero-order valence-corrected chi connectivity index (χ0v) is 21.6. The Hall–Kier alpha value is -3.80. The van der Waals surface area contributed by atoms with E-state index in [2.05, 4.69) is 11.0 Å². The van der Waals surface area contributed by atoms with Crippen LogP contribution in [-0.4, -0.2) is 31.2 Å². The lowest BCUT2D eigenvalue weighted by Gasteiger charge is -2.31. The summed E-state index contributed by atoms with van der Waals surface area (Å²) in [6.07, 6.45) is 1.93. The number of aliphatic hydroxyl groups is 1. The van der Waals surface area contributed by atoms with Crippen molar-refractivity contribution in [3.8, 4) is 11.4 Å². The summed E-state index contributed by atoms with van der Waals surface area (Å²) in [7, 11) is 0. The van der Waals surface area contributed by atoms with E-state index in [1.54, 1.807) is 30.5 Å². The van der Waals surface area contributed by atoms with Gasteiger partial charge in [0, 0.05) is 28.8 Å². The molecule has 0 saturated carbocycles. The van der Waals surface area contributed by atoms with Crippen molar-refractivity contribution in [2.45, 2.75) is 65.0 Å². The number of halogens is 1. The number of hydrogen-bond donors (Lipinski definition) is 4. The van der Waals surface area contributed by atoms with Gasteiger partial charge in [0.1, 0.15) is 12.4 Å². The molecule has 1 atom stereocenters. The van der Waals surface area contributed by atoms with Gasteiger partial charge in [0.2, 0.25) is 0 Å². The van der Waals surface area contributed by atoms with Crippen LogP contribution in [0.2, 0.25) is 0 Å². The van der Waals surface area contributed by atoms with E-state index < -0.39 is 17.1 Å². The number of esters is 1. The molecule has 10 nitrogen and oxygen atoms in total. The molecule has 0 saturated heterocycles. The molecular weight excluding hydrogens is 491 g/mol. The minimum atomic E-state index is -1.92. The van der Waals surface area contributed by atoms with Crippen molar-refractivity contribution in [3.05, 3.63) is 74.1 Å². The number of ether oxygens (including phenoxy) is 1. The highest BCUT2D eigenvalue weighted by Gasteiger charge is 2.45. The minimum absolute atomic E-state index is 0.0509. The summed E-state index contributed by atoms with van der Waals surface area (Å²) in [6, 6.07) is 4.82. The van der Waals surface area contributed by atoms with Crippen molar-refractivity contribution in [2.75, 3.05) is 0 Å². The number of aryl methyl sites for hydroxylation is 1. The number of cyclic esters (lactones) is 1. The molecule has 0 amide bonds. The number of carbonyl (C=O) groups excluding carboxylic acids is 1. The summed E-state index contributed by atoms with van der Waals surface area (Å²) in [4.78, 5) is 30.9. The van der Waals surface area contributed by atoms with Crippen LogP contribution in [0.15, 0.2) is 34.9 Å². The third-order valence-electron chi connectivity index (χ3n) is 7.73. The maximum Gasteiger partial charge on any atom is 0.343 e. The largest absolute Gasteiger partial charge is 0.458 e. The van der Waals surface area contributed by atoms with Crippen LogP contribution >= 0.6 is 0 Å². The molecule has 0 fully saturated rings. The van der Waals surface area contributed by atoms with E-state index in [-0.39, 0.29) is 42.1 Å². The van der Waals surface area contributed by atoms with Gasteiger partial charge in [0.25, 0.3) is 5.56 Å². The molecule has 3 aromatic rings. The van der Waals surface area contributed by atoms with Gasteiger partial charge in [0.15, 0.2) is 5.60 Å². The number of nitrogens with two attached hydrogens (primary N) is 1. The number of nitrogens with zero attached hydrogens (tertiary/aromatic N) is 3. The molecule has 5 heterocycles. The zero-order valence-electron chi connectivity index (χ0n) is 21.6. The van der Waals surface area contributed by atoms with Crippen LogP contribution in [0.4, 0.5) is 4.39 Å². The summed E-state index contributed by atoms with van der Waals surface area (Å²) in [5.74, 6) is -1.16. The zero-order chi connectivity index (χ0) is 27.1. The van der Waals surface area contributed by atoms with Crippen LogP contribution in [-0.2, 0) is 34.8 Å². The van der Waals surface area contributed by atoms with Crippen molar-refractivity contribution < 1.29 is 19.0 Å².